The minimum Gasteiger partial charge on any atom is -0.335 e. The smallest absolute Gasteiger partial charge is 0.237 e. The molecule has 1 aliphatic rings. The van der Waals surface area contributed by atoms with Gasteiger partial charge in [-0.25, -0.2) is 4.39 Å². The average Bonchev–Trinajstić information content (AvgIpc) is 2.87. The molecule has 3 nitrogen and oxygen atoms in total. The Bertz CT molecular complexity index is 475. The van der Waals surface area contributed by atoms with Crippen LogP contribution in [0.3, 0.4) is 0 Å². The summed E-state index contributed by atoms with van der Waals surface area (Å²) in [6.07, 6.45) is 1.90. The molecule has 0 N–H and O–H groups in total. The van der Waals surface area contributed by atoms with E-state index < -0.39 is 0 Å². The zero-order valence-electron chi connectivity index (χ0n) is 12.5. The number of benzene rings is 1. The molecule has 1 fully saturated rings. The van der Waals surface area contributed by atoms with Gasteiger partial charge in [0.25, 0.3) is 0 Å². The first-order chi connectivity index (χ1) is 9.49. The Morgan fingerprint density at radius 2 is 2.25 bits per heavy atom. The number of nitrogens with zero attached hydrogens (tertiary/aromatic N) is 2. The molecular formula is C16H23FN2O. The molecule has 0 aromatic heterocycles. The summed E-state index contributed by atoms with van der Waals surface area (Å²) in [6, 6.07) is 6.98. The number of hydrogen-bond acceptors (Lipinski definition) is 2. The Morgan fingerprint density at radius 3 is 2.90 bits per heavy atom. The van der Waals surface area contributed by atoms with E-state index in [1.54, 1.807) is 12.1 Å². The first-order valence-electron chi connectivity index (χ1n) is 7.24. The molecule has 2 rings (SSSR count). The minimum atomic E-state index is -0.235. The van der Waals surface area contributed by atoms with Crippen molar-refractivity contribution < 1.29 is 9.18 Å². The van der Waals surface area contributed by atoms with E-state index in [2.05, 4.69) is 13.8 Å². The van der Waals surface area contributed by atoms with Crippen LogP contribution in [-0.4, -0.2) is 41.9 Å². The molecule has 1 amide bonds. The fourth-order valence-corrected chi connectivity index (χ4v) is 2.61. The Balaban J connectivity index is 2.09. The van der Waals surface area contributed by atoms with Crippen molar-refractivity contribution in [3.05, 3.63) is 35.6 Å². The second-order valence-corrected chi connectivity index (χ2v) is 5.81. The number of rotatable bonds is 4. The van der Waals surface area contributed by atoms with Gasteiger partial charge in [0.15, 0.2) is 0 Å². The molecule has 1 aromatic rings. The maximum absolute atomic E-state index is 13.4. The van der Waals surface area contributed by atoms with Gasteiger partial charge >= 0.3 is 0 Å². The van der Waals surface area contributed by atoms with Gasteiger partial charge < -0.3 is 4.90 Å². The van der Waals surface area contributed by atoms with Crippen LogP contribution < -0.4 is 0 Å². The standard InChI is InChI=1S/C16H23FN2O/c1-12(2)18(3)11-16(20)19-9-5-8-15(19)13-6-4-7-14(17)10-13/h4,6-7,10,12,15H,5,8-9,11H2,1-3H3. The van der Waals surface area contributed by atoms with E-state index in [0.29, 0.717) is 12.6 Å². The normalized spacial score (nSPS) is 19.1. The molecule has 4 heteroatoms. The molecule has 0 saturated carbocycles. The fraction of sp³-hybridized carbons (Fsp3) is 0.562. The van der Waals surface area contributed by atoms with E-state index in [4.69, 9.17) is 0 Å². The van der Waals surface area contributed by atoms with Crippen LogP contribution >= 0.6 is 0 Å². The highest BCUT2D eigenvalue weighted by Crippen LogP contribution is 2.32. The lowest BCUT2D eigenvalue weighted by Crippen LogP contribution is -2.40. The largest absolute Gasteiger partial charge is 0.335 e. The maximum atomic E-state index is 13.4. The van der Waals surface area contributed by atoms with Gasteiger partial charge in [-0.15, -0.1) is 0 Å². The highest BCUT2D eigenvalue weighted by atomic mass is 19.1. The highest BCUT2D eigenvalue weighted by Gasteiger charge is 2.30. The van der Waals surface area contributed by atoms with Crippen molar-refractivity contribution in [2.45, 2.75) is 38.8 Å². The molecule has 1 aliphatic heterocycles. The summed E-state index contributed by atoms with van der Waals surface area (Å²) in [6.45, 7) is 5.33. The van der Waals surface area contributed by atoms with Crippen LogP contribution in [0.5, 0.6) is 0 Å². The van der Waals surface area contributed by atoms with Crippen LogP contribution in [-0.2, 0) is 4.79 Å². The summed E-state index contributed by atoms with van der Waals surface area (Å²) in [4.78, 5) is 16.3. The van der Waals surface area contributed by atoms with E-state index in [-0.39, 0.29) is 17.8 Å². The maximum Gasteiger partial charge on any atom is 0.237 e. The van der Waals surface area contributed by atoms with Gasteiger partial charge in [0.05, 0.1) is 12.6 Å². The third-order valence-corrected chi connectivity index (χ3v) is 4.07. The van der Waals surface area contributed by atoms with Gasteiger partial charge in [-0.1, -0.05) is 12.1 Å². The molecule has 1 atom stereocenters. The van der Waals surface area contributed by atoms with E-state index in [0.717, 1.165) is 24.9 Å². The van der Waals surface area contributed by atoms with E-state index in [9.17, 15) is 9.18 Å². The Morgan fingerprint density at radius 1 is 1.50 bits per heavy atom. The zero-order valence-corrected chi connectivity index (χ0v) is 12.5. The van der Waals surface area contributed by atoms with Gasteiger partial charge in [-0.3, -0.25) is 9.69 Å². The third kappa shape index (κ3) is 3.37. The topological polar surface area (TPSA) is 23.6 Å². The number of likely N-dealkylation sites (N-methyl/N-ethyl adjacent to an activating group) is 1. The zero-order chi connectivity index (χ0) is 14.7. The van der Waals surface area contributed by atoms with Crippen LogP contribution in [0.1, 0.15) is 38.3 Å². The predicted molar refractivity (Wildman–Crippen MR) is 77.9 cm³/mol. The first kappa shape index (κ1) is 15.0. The number of likely N-dealkylation sites (tertiary alicyclic amines) is 1. The second kappa shape index (κ2) is 6.35. The summed E-state index contributed by atoms with van der Waals surface area (Å²) in [7, 11) is 1.95. The minimum absolute atomic E-state index is 0.0266. The number of hydrogen-bond donors (Lipinski definition) is 0. The number of carbonyl (C=O) groups is 1. The summed E-state index contributed by atoms with van der Waals surface area (Å²) in [5, 5.41) is 0. The van der Waals surface area contributed by atoms with Gasteiger partial charge in [0.2, 0.25) is 5.91 Å². The fourth-order valence-electron chi connectivity index (χ4n) is 2.61. The molecule has 0 radical (unpaired) electrons. The van der Waals surface area contributed by atoms with Crippen LogP contribution in [0.4, 0.5) is 4.39 Å². The summed E-state index contributed by atoms with van der Waals surface area (Å²) in [5.41, 5.74) is 0.906. The average molecular weight is 278 g/mol. The first-order valence-corrected chi connectivity index (χ1v) is 7.24. The number of carbonyl (C=O) groups excluding carboxylic acids is 1. The van der Waals surface area contributed by atoms with E-state index in [1.807, 2.05) is 22.9 Å². The highest BCUT2D eigenvalue weighted by molar-refractivity contribution is 5.79. The van der Waals surface area contributed by atoms with Crippen molar-refractivity contribution in [2.24, 2.45) is 0 Å². The van der Waals surface area contributed by atoms with Crippen molar-refractivity contribution >= 4 is 5.91 Å². The lowest BCUT2D eigenvalue weighted by molar-refractivity contribution is -0.133. The Labute approximate surface area is 120 Å². The van der Waals surface area contributed by atoms with Gasteiger partial charge in [0, 0.05) is 12.6 Å². The van der Waals surface area contributed by atoms with Crippen molar-refractivity contribution in [3.8, 4) is 0 Å². The van der Waals surface area contributed by atoms with Gasteiger partial charge in [-0.2, -0.15) is 0 Å². The predicted octanol–water partition coefficient (Wildman–Crippen LogP) is 2.83. The Kier molecular flexibility index (Phi) is 4.76. The molecular weight excluding hydrogens is 255 g/mol. The van der Waals surface area contributed by atoms with Crippen molar-refractivity contribution in [1.82, 2.24) is 9.80 Å². The third-order valence-electron chi connectivity index (χ3n) is 4.07. The molecule has 1 saturated heterocycles. The molecule has 20 heavy (non-hydrogen) atoms. The molecule has 1 heterocycles. The second-order valence-electron chi connectivity index (χ2n) is 5.81. The van der Waals surface area contributed by atoms with E-state index >= 15 is 0 Å². The van der Waals surface area contributed by atoms with Crippen molar-refractivity contribution in [1.29, 1.82) is 0 Å². The van der Waals surface area contributed by atoms with Crippen LogP contribution in [0.2, 0.25) is 0 Å². The van der Waals surface area contributed by atoms with Gasteiger partial charge in [0.1, 0.15) is 5.82 Å². The molecule has 1 unspecified atom stereocenters. The SMILES string of the molecule is CC(C)N(C)CC(=O)N1CCCC1c1cccc(F)c1. The monoisotopic (exact) mass is 278 g/mol. The quantitative estimate of drug-likeness (QED) is 0.845. The summed E-state index contributed by atoms with van der Waals surface area (Å²) >= 11 is 0. The van der Waals surface area contributed by atoms with Gasteiger partial charge in [-0.05, 0) is 51.4 Å². The summed E-state index contributed by atoms with van der Waals surface area (Å²) in [5.74, 6) is -0.103. The van der Waals surface area contributed by atoms with Crippen LogP contribution in [0.25, 0.3) is 0 Å². The molecule has 110 valence electrons. The van der Waals surface area contributed by atoms with Crippen molar-refractivity contribution in [3.63, 3.8) is 0 Å². The lowest BCUT2D eigenvalue weighted by Gasteiger charge is -2.28. The van der Waals surface area contributed by atoms with Crippen LogP contribution in [0.15, 0.2) is 24.3 Å². The number of amides is 1. The number of halogens is 1. The van der Waals surface area contributed by atoms with Crippen LogP contribution in [0, 0.1) is 5.82 Å². The Hall–Kier alpha value is -1.42. The molecule has 0 aliphatic carbocycles. The van der Waals surface area contributed by atoms with E-state index in [1.165, 1.54) is 6.07 Å². The summed E-state index contributed by atoms with van der Waals surface area (Å²) < 4.78 is 13.4. The lowest BCUT2D eigenvalue weighted by atomic mass is 10.0. The van der Waals surface area contributed by atoms with Crippen molar-refractivity contribution in [2.75, 3.05) is 20.1 Å². The molecule has 0 bridgehead atoms. The molecule has 1 aromatic carbocycles. The molecule has 0 spiro atoms.